The summed E-state index contributed by atoms with van der Waals surface area (Å²) >= 11 is 0. The van der Waals surface area contributed by atoms with Crippen molar-refractivity contribution < 1.29 is 32.3 Å². The molecule has 2 unspecified atom stereocenters. The van der Waals surface area contributed by atoms with Crippen LogP contribution in [-0.4, -0.2) is 34.6 Å². The number of hydrogen-bond donors (Lipinski definition) is 2. The summed E-state index contributed by atoms with van der Waals surface area (Å²) in [5.41, 5.74) is -0.590. The van der Waals surface area contributed by atoms with E-state index in [0.717, 1.165) is 24.8 Å². The number of rotatable bonds is 6. The monoisotopic (exact) mass is 436 g/mol. The second-order valence-corrected chi connectivity index (χ2v) is 8.06. The molecule has 2 fully saturated rings. The smallest absolute Gasteiger partial charge is 0.416 e. The molecule has 2 N–H and O–H groups in total. The van der Waals surface area contributed by atoms with Gasteiger partial charge in [0.25, 0.3) is 5.91 Å². The third kappa shape index (κ3) is 4.81. The first-order valence-corrected chi connectivity index (χ1v) is 9.91. The fourth-order valence-electron chi connectivity index (χ4n) is 3.71. The number of carbonyl (C=O) groups is 2. The number of anilines is 1. The molecule has 2 aliphatic carbocycles. The van der Waals surface area contributed by atoms with Crippen LogP contribution in [0.5, 0.6) is 0 Å². The lowest BCUT2D eigenvalue weighted by Gasteiger charge is -2.19. The lowest BCUT2D eigenvalue weighted by molar-refractivity contribution is -0.137. The largest absolute Gasteiger partial charge is 0.465 e. The first kappa shape index (κ1) is 21.1. The summed E-state index contributed by atoms with van der Waals surface area (Å²) in [6.45, 7) is 0.549. The third-order valence-electron chi connectivity index (χ3n) is 5.69. The maximum absolute atomic E-state index is 13.9. The van der Waals surface area contributed by atoms with Gasteiger partial charge >= 0.3 is 12.3 Å². The number of hydrogen-bond acceptors (Lipinski definition) is 2. The SMILES string of the molecule is O=C(Nc1ccc(C2CC2N(CC2CC2)C(=O)O)cc1)c1cc(C(F)(F)F)ccc1F. The summed E-state index contributed by atoms with van der Waals surface area (Å²) in [7, 11) is 0. The summed E-state index contributed by atoms with van der Waals surface area (Å²) in [6, 6.07) is 8.21. The van der Waals surface area contributed by atoms with Gasteiger partial charge in [-0.1, -0.05) is 12.1 Å². The molecule has 31 heavy (non-hydrogen) atoms. The van der Waals surface area contributed by atoms with E-state index in [9.17, 15) is 32.3 Å². The second kappa shape index (κ2) is 7.86. The number of alkyl halides is 3. The van der Waals surface area contributed by atoms with Crippen LogP contribution in [0.2, 0.25) is 0 Å². The van der Waals surface area contributed by atoms with Gasteiger partial charge in [-0.15, -0.1) is 0 Å². The number of carbonyl (C=O) groups excluding carboxylic acids is 1. The predicted octanol–water partition coefficient (Wildman–Crippen LogP) is 5.34. The maximum Gasteiger partial charge on any atom is 0.416 e. The zero-order valence-electron chi connectivity index (χ0n) is 16.3. The van der Waals surface area contributed by atoms with Gasteiger partial charge in [0.05, 0.1) is 11.1 Å². The Morgan fingerprint density at radius 3 is 2.35 bits per heavy atom. The molecule has 0 radical (unpaired) electrons. The Hall–Kier alpha value is -3.10. The molecule has 9 heteroatoms. The number of carboxylic acid groups (broad SMARTS) is 1. The summed E-state index contributed by atoms with van der Waals surface area (Å²) < 4.78 is 52.4. The lowest BCUT2D eigenvalue weighted by atomic mass is 10.1. The molecule has 164 valence electrons. The molecule has 5 nitrogen and oxygen atoms in total. The molecule has 2 aliphatic rings. The van der Waals surface area contributed by atoms with Crippen LogP contribution >= 0.6 is 0 Å². The van der Waals surface area contributed by atoms with Crippen LogP contribution in [0.1, 0.15) is 46.7 Å². The quantitative estimate of drug-likeness (QED) is 0.601. The zero-order valence-corrected chi connectivity index (χ0v) is 16.3. The highest BCUT2D eigenvalue weighted by molar-refractivity contribution is 6.04. The highest BCUT2D eigenvalue weighted by Gasteiger charge is 2.46. The predicted molar refractivity (Wildman–Crippen MR) is 104 cm³/mol. The van der Waals surface area contributed by atoms with Crippen molar-refractivity contribution in [3.63, 3.8) is 0 Å². The van der Waals surface area contributed by atoms with Gasteiger partial charge < -0.3 is 15.3 Å². The summed E-state index contributed by atoms with van der Waals surface area (Å²) in [5, 5.41) is 11.8. The highest BCUT2D eigenvalue weighted by atomic mass is 19.4. The Bertz CT molecular complexity index is 1000. The Morgan fingerprint density at radius 2 is 1.77 bits per heavy atom. The molecule has 0 aliphatic heterocycles. The first-order chi connectivity index (χ1) is 14.6. The minimum atomic E-state index is -4.69. The molecule has 0 spiro atoms. The van der Waals surface area contributed by atoms with E-state index in [-0.39, 0.29) is 12.0 Å². The van der Waals surface area contributed by atoms with E-state index in [2.05, 4.69) is 5.32 Å². The molecule has 2 aromatic carbocycles. The van der Waals surface area contributed by atoms with E-state index in [1.54, 1.807) is 24.3 Å². The fraction of sp³-hybridized carbons (Fsp3) is 0.364. The van der Waals surface area contributed by atoms with E-state index in [4.69, 9.17) is 0 Å². The van der Waals surface area contributed by atoms with Gasteiger partial charge in [-0.05, 0) is 61.1 Å². The molecule has 2 aromatic rings. The van der Waals surface area contributed by atoms with Gasteiger partial charge in [-0.2, -0.15) is 13.2 Å². The van der Waals surface area contributed by atoms with Crippen molar-refractivity contribution in [3.8, 4) is 0 Å². The molecule has 0 bridgehead atoms. The van der Waals surface area contributed by atoms with Crippen LogP contribution in [0.25, 0.3) is 0 Å². The van der Waals surface area contributed by atoms with Crippen LogP contribution in [0, 0.1) is 11.7 Å². The van der Waals surface area contributed by atoms with Crippen molar-refractivity contribution in [3.05, 3.63) is 65.0 Å². The minimum Gasteiger partial charge on any atom is -0.465 e. The van der Waals surface area contributed by atoms with Crippen LogP contribution in [0.3, 0.4) is 0 Å². The second-order valence-electron chi connectivity index (χ2n) is 8.06. The van der Waals surface area contributed by atoms with E-state index >= 15 is 0 Å². The molecule has 0 aromatic heterocycles. The van der Waals surface area contributed by atoms with Gasteiger partial charge in [-0.3, -0.25) is 4.79 Å². The summed E-state index contributed by atoms with van der Waals surface area (Å²) in [5.74, 6) is -1.51. The third-order valence-corrected chi connectivity index (χ3v) is 5.69. The number of halogens is 4. The van der Waals surface area contributed by atoms with Gasteiger partial charge in [0, 0.05) is 24.2 Å². The molecular weight excluding hydrogens is 416 g/mol. The zero-order chi connectivity index (χ0) is 22.3. The molecule has 0 saturated heterocycles. The van der Waals surface area contributed by atoms with E-state index in [1.807, 2.05) is 0 Å². The number of nitrogens with one attached hydrogen (secondary N) is 1. The average Bonchev–Trinajstić information content (AvgIpc) is 3.60. The van der Waals surface area contributed by atoms with Crippen LogP contribution in [0.4, 0.5) is 28.0 Å². The normalized spacial score (nSPS) is 20.3. The fourth-order valence-corrected chi connectivity index (χ4v) is 3.71. The van der Waals surface area contributed by atoms with E-state index in [1.165, 1.54) is 4.90 Å². The Kier molecular flexibility index (Phi) is 5.36. The van der Waals surface area contributed by atoms with Crippen molar-refractivity contribution in [2.75, 3.05) is 11.9 Å². The summed E-state index contributed by atoms with van der Waals surface area (Å²) in [6.07, 6.45) is -2.77. The van der Waals surface area contributed by atoms with Crippen molar-refractivity contribution in [2.24, 2.45) is 5.92 Å². The maximum atomic E-state index is 13.9. The van der Waals surface area contributed by atoms with Crippen molar-refractivity contribution in [1.29, 1.82) is 0 Å². The van der Waals surface area contributed by atoms with Gasteiger partial charge in [0.15, 0.2) is 0 Å². The van der Waals surface area contributed by atoms with Gasteiger partial charge in [0.2, 0.25) is 0 Å². The Balaban J connectivity index is 1.41. The van der Waals surface area contributed by atoms with Crippen molar-refractivity contribution >= 4 is 17.7 Å². The van der Waals surface area contributed by atoms with Gasteiger partial charge in [0.1, 0.15) is 5.82 Å². The molecule has 2 amide bonds. The van der Waals surface area contributed by atoms with Crippen LogP contribution in [-0.2, 0) is 6.18 Å². The lowest BCUT2D eigenvalue weighted by Crippen LogP contribution is -2.34. The molecular formula is C22H20F4N2O3. The first-order valence-electron chi connectivity index (χ1n) is 9.91. The van der Waals surface area contributed by atoms with Crippen LogP contribution < -0.4 is 5.32 Å². The molecule has 4 rings (SSSR count). The Morgan fingerprint density at radius 1 is 1.10 bits per heavy atom. The topological polar surface area (TPSA) is 69.6 Å². The van der Waals surface area contributed by atoms with Crippen LogP contribution in [0.15, 0.2) is 42.5 Å². The minimum absolute atomic E-state index is 0.0699. The Labute approximate surface area is 175 Å². The average molecular weight is 436 g/mol. The van der Waals surface area contributed by atoms with Crippen molar-refractivity contribution in [2.45, 2.75) is 37.4 Å². The van der Waals surface area contributed by atoms with E-state index in [0.29, 0.717) is 36.3 Å². The van der Waals surface area contributed by atoms with E-state index < -0.39 is 35.1 Å². The molecule has 2 atom stereocenters. The number of benzene rings is 2. The standard InChI is InChI=1S/C22H20F4N2O3/c23-18-8-5-14(22(24,25)26)9-17(18)20(29)27-15-6-3-13(4-7-15)16-10-19(16)28(21(30)31)11-12-1-2-12/h3-9,12,16,19H,1-2,10-11H2,(H,27,29)(H,30,31). The number of nitrogens with zero attached hydrogens (tertiary/aromatic N) is 1. The number of amides is 2. The molecule has 2 saturated carbocycles. The van der Waals surface area contributed by atoms with Gasteiger partial charge in [-0.25, -0.2) is 9.18 Å². The van der Waals surface area contributed by atoms with Crippen molar-refractivity contribution in [1.82, 2.24) is 4.90 Å². The highest BCUT2D eigenvalue weighted by Crippen LogP contribution is 2.46. The molecule has 0 heterocycles. The summed E-state index contributed by atoms with van der Waals surface area (Å²) in [4.78, 5) is 25.3.